The van der Waals surface area contributed by atoms with Crippen LogP contribution >= 0.6 is 0 Å². The van der Waals surface area contributed by atoms with Gasteiger partial charge in [-0.2, -0.15) is 0 Å². The Hall–Kier alpha value is -2.11. The number of hydrogen-bond donors (Lipinski definition) is 1. The maximum Gasteiger partial charge on any atom is 0.356 e. The molecule has 0 atom stereocenters. The molecular weight excluding hydrogens is 195 g/mol. The molecule has 0 saturated carbocycles. The number of rotatable bonds is 2. The number of carbonyl (C=O) groups is 2. The van der Waals surface area contributed by atoms with E-state index in [0.29, 0.717) is 17.6 Å². The maximum atomic E-state index is 10.8. The van der Waals surface area contributed by atoms with Crippen LogP contribution in [-0.4, -0.2) is 34.6 Å². The largest absolute Gasteiger partial charge is 0.476 e. The molecule has 0 aliphatic heterocycles. The molecule has 0 fully saturated rings. The van der Waals surface area contributed by atoms with Gasteiger partial charge in [0.1, 0.15) is 13.5 Å². The fourth-order valence-electron chi connectivity index (χ4n) is 1.45. The molecule has 5 nitrogen and oxygen atoms in total. The highest BCUT2D eigenvalue weighted by Crippen LogP contribution is 2.06. The van der Waals surface area contributed by atoms with Gasteiger partial charge in [-0.3, -0.25) is 9.20 Å². The van der Waals surface area contributed by atoms with Crippen molar-refractivity contribution in [1.82, 2.24) is 9.38 Å². The van der Waals surface area contributed by atoms with Crippen LogP contribution in [0.1, 0.15) is 21.0 Å². The Morgan fingerprint density at radius 2 is 2.27 bits per heavy atom. The van der Waals surface area contributed by atoms with Gasteiger partial charge in [0.2, 0.25) is 0 Å². The molecule has 2 rings (SSSR count). The predicted octanol–water partition coefficient (Wildman–Crippen LogP) is -0.897. The van der Waals surface area contributed by atoms with Crippen LogP contribution in [0.2, 0.25) is 0 Å². The molecule has 2 heterocycles. The lowest BCUT2D eigenvalue weighted by molar-refractivity contribution is 0.0691. The van der Waals surface area contributed by atoms with Gasteiger partial charge in [-0.15, -0.1) is 0 Å². The summed E-state index contributed by atoms with van der Waals surface area (Å²) < 4.78 is 1.46. The number of aromatic nitrogens is 2. The molecule has 2 aromatic heterocycles. The third-order valence-electron chi connectivity index (χ3n) is 2.08. The summed E-state index contributed by atoms with van der Waals surface area (Å²) in [5.74, 6) is -1.10. The van der Waals surface area contributed by atoms with Gasteiger partial charge in [0, 0.05) is 6.20 Å². The van der Waals surface area contributed by atoms with Crippen molar-refractivity contribution in [1.29, 1.82) is 0 Å². The van der Waals surface area contributed by atoms with Crippen LogP contribution in [0.15, 0.2) is 18.3 Å². The molecule has 0 unspecified atom stereocenters. The van der Waals surface area contributed by atoms with E-state index in [9.17, 15) is 9.59 Å². The number of nitrogens with zero attached hydrogens (tertiary/aromatic N) is 2. The van der Waals surface area contributed by atoms with Gasteiger partial charge in [0.25, 0.3) is 0 Å². The first-order chi connectivity index (χ1) is 7.11. The van der Waals surface area contributed by atoms with Crippen LogP contribution in [0.3, 0.4) is 0 Å². The molecule has 6 heteroatoms. The molecule has 0 saturated heterocycles. The average molecular weight is 202 g/mol. The fraction of sp³-hybridized carbons (Fsp3) is 0. The Morgan fingerprint density at radius 3 is 2.87 bits per heavy atom. The molecule has 15 heavy (non-hydrogen) atoms. The van der Waals surface area contributed by atoms with Crippen molar-refractivity contribution < 1.29 is 14.7 Å². The number of carboxylic acids is 1. The van der Waals surface area contributed by atoms with Crippen molar-refractivity contribution >= 4 is 31.2 Å². The number of hydrogen-bond acceptors (Lipinski definition) is 3. The summed E-state index contributed by atoms with van der Waals surface area (Å²) >= 11 is 0. The first-order valence-electron chi connectivity index (χ1n) is 4.30. The Kier molecular flexibility index (Phi) is 2.04. The lowest BCUT2D eigenvalue weighted by atomic mass is 9.97. The van der Waals surface area contributed by atoms with Gasteiger partial charge < -0.3 is 5.11 Å². The van der Waals surface area contributed by atoms with Crippen LogP contribution in [0.4, 0.5) is 0 Å². The zero-order chi connectivity index (χ0) is 11.0. The first-order valence-corrected chi connectivity index (χ1v) is 4.30. The smallest absolute Gasteiger partial charge is 0.356 e. The number of carbonyl (C=O) groups excluding carboxylic acids is 1. The van der Waals surface area contributed by atoms with Crippen LogP contribution in [-0.2, 0) is 0 Å². The third kappa shape index (κ3) is 1.50. The Balaban J connectivity index is 2.79. The lowest BCUT2D eigenvalue weighted by Gasteiger charge is -1.99. The van der Waals surface area contributed by atoms with Gasteiger partial charge in [0.05, 0.1) is 5.69 Å². The average Bonchev–Trinajstić information content (AvgIpc) is 2.59. The fourth-order valence-corrected chi connectivity index (χ4v) is 1.45. The van der Waals surface area contributed by atoms with Crippen molar-refractivity contribution in [2.45, 2.75) is 0 Å². The summed E-state index contributed by atoms with van der Waals surface area (Å²) in [5.41, 5.74) is 1.66. The molecule has 74 valence electrons. The molecule has 2 aromatic rings. The molecule has 0 aromatic carbocycles. The second-order valence-electron chi connectivity index (χ2n) is 3.23. The lowest BCUT2D eigenvalue weighted by Crippen LogP contribution is -2.07. The molecule has 0 spiro atoms. The number of pyridine rings is 1. The quantitative estimate of drug-likeness (QED) is 0.506. The van der Waals surface area contributed by atoms with Crippen LogP contribution < -0.4 is 5.46 Å². The highest BCUT2D eigenvalue weighted by Gasteiger charge is 2.10. The highest BCUT2D eigenvalue weighted by molar-refractivity contribution is 6.32. The minimum atomic E-state index is -1.10. The van der Waals surface area contributed by atoms with E-state index < -0.39 is 5.97 Å². The minimum absolute atomic E-state index is 0.0660. The van der Waals surface area contributed by atoms with E-state index in [0.717, 1.165) is 5.46 Å². The Bertz CT molecular complexity index is 562. The van der Waals surface area contributed by atoms with Gasteiger partial charge in [-0.05, 0) is 12.1 Å². The van der Waals surface area contributed by atoms with E-state index in [1.165, 1.54) is 10.6 Å². The van der Waals surface area contributed by atoms with Gasteiger partial charge >= 0.3 is 5.97 Å². The predicted molar refractivity (Wildman–Crippen MR) is 55.7 cm³/mol. The summed E-state index contributed by atoms with van der Waals surface area (Å²) in [7, 11) is 1.82. The second-order valence-corrected chi connectivity index (χ2v) is 3.23. The summed E-state index contributed by atoms with van der Waals surface area (Å²) in [4.78, 5) is 25.3. The number of aldehydes is 1. The van der Waals surface area contributed by atoms with E-state index in [1.54, 1.807) is 12.1 Å². The van der Waals surface area contributed by atoms with Crippen molar-refractivity contribution in [2.24, 2.45) is 0 Å². The summed E-state index contributed by atoms with van der Waals surface area (Å²) in [6.45, 7) is 0. The normalized spacial score (nSPS) is 10.4. The molecule has 1 N–H and O–H groups in total. The molecule has 0 aliphatic carbocycles. The second kappa shape index (κ2) is 3.23. The summed E-state index contributed by atoms with van der Waals surface area (Å²) in [6.07, 6.45) is 2.01. The monoisotopic (exact) mass is 202 g/mol. The van der Waals surface area contributed by atoms with E-state index >= 15 is 0 Å². The Labute approximate surface area is 85.8 Å². The topological polar surface area (TPSA) is 71.7 Å². The van der Waals surface area contributed by atoms with Crippen molar-refractivity contribution in [3.63, 3.8) is 0 Å². The zero-order valence-corrected chi connectivity index (χ0v) is 7.97. The van der Waals surface area contributed by atoms with Gasteiger partial charge in [-0.25, -0.2) is 9.78 Å². The molecular formula is C9H7BN2O3. The van der Waals surface area contributed by atoms with E-state index in [1.807, 2.05) is 7.85 Å². The van der Waals surface area contributed by atoms with Crippen LogP contribution in [0, 0.1) is 0 Å². The highest BCUT2D eigenvalue weighted by atomic mass is 16.4. The van der Waals surface area contributed by atoms with Crippen molar-refractivity contribution in [3.05, 3.63) is 29.7 Å². The number of carboxylic acid groups (broad SMARTS) is 1. The molecule has 0 amide bonds. The Morgan fingerprint density at radius 1 is 1.53 bits per heavy atom. The van der Waals surface area contributed by atoms with E-state index in [2.05, 4.69) is 4.98 Å². The summed E-state index contributed by atoms with van der Waals surface area (Å²) in [5, 5.41) is 8.75. The van der Waals surface area contributed by atoms with Crippen molar-refractivity contribution in [3.8, 4) is 0 Å². The van der Waals surface area contributed by atoms with Crippen LogP contribution in [0.25, 0.3) is 5.65 Å². The van der Waals surface area contributed by atoms with Gasteiger partial charge in [0.15, 0.2) is 12.0 Å². The minimum Gasteiger partial charge on any atom is -0.476 e. The molecule has 0 radical (unpaired) electrons. The third-order valence-corrected chi connectivity index (χ3v) is 2.08. The number of aromatic carboxylic acids is 1. The SMILES string of the molecule is Bc1cc(C=O)n2cc(C(=O)O)nc2c1. The van der Waals surface area contributed by atoms with Crippen LogP contribution in [0.5, 0.6) is 0 Å². The summed E-state index contributed by atoms with van der Waals surface area (Å²) in [6, 6.07) is 3.40. The van der Waals surface area contributed by atoms with E-state index in [-0.39, 0.29) is 5.69 Å². The van der Waals surface area contributed by atoms with Crippen molar-refractivity contribution in [2.75, 3.05) is 0 Å². The number of imidazole rings is 1. The maximum absolute atomic E-state index is 10.8. The van der Waals surface area contributed by atoms with Gasteiger partial charge in [-0.1, -0.05) is 5.46 Å². The zero-order valence-electron chi connectivity index (χ0n) is 7.97. The standard InChI is InChI=1S/C9H7BN2O3/c10-5-1-6(4-13)12-3-7(9(14)15)11-8(12)2-5/h1-4H,10H2,(H,14,15). The molecule has 0 aliphatic rings. The number of fused-ring (bicyclic) bond motifs is 1. The molecule has 0 bridgehead atoms. The first kappa shape index (κ1) is 9.45. The van der Waals surface area contributed by atoms with E-state index in [4.69, 9.17) is 5.11 Å².